The third-order valence-corrected chi connectivity index (χ3v) is 2.85. The van der Waals surface area contributed by atoms with Crippen molar-refractivity contribution in [2.75, 3.05) is 11.9 Å². The van der Waals surface area contributed by atoms with Crippen molar-refractivity contribution >= 4 is 5.69 Å². The number of nitriles is 1. The molecule has 0 fully saturated rings. The van der Waals surface area contributed by atoms with Gasteiger partial charge in [-0.1, -0.05) is 12.2 Å². The predicted molar refractivity (Wildman–Crippen MR) is 63.9 cm³/mol. The van der Waals surface area contributed by atoms with Crippen LogP contribution in [0.4, 0.5) is 5.69 Å². The second kappa shape index (κ2) is 5.32. The molecule has 0 saturated heterocycles. The van der Waals surface area contributed by atoms with Gasteiger partial charge < -0.3 is 5.32 Å². The Balaban J connectivity index is 1.89. The largest absolute Gasteiger partial charge is 0.385 e. The van der Waals surface area contributed by atoms with E-state index >= 15 is 0 Å². The second-order valence-corrected chi connectivity index (χ2v) is 4.07. The predicted octanol–water partition coefficient (Wildman–Crippen LogP) is 2.72. The molecule has 0 aromatic carbocycles. The van der Waals surface area contributed by atoms with Gasteiger partial charge in [-0.05, 0) is 37.3 Å². The van der Waals surface area contributed by atoms with Gasteiger partial charge in [-0.3, -0.25) is 0 Å². The van der Waals surface area contributed by atoms with Crippen LogP contribution in [-0.2, 0) is 0 Å². The average Bonchev–Trinajstić information content (AvgIpc) is 2.38. The molecular weight excluding hydrogens is 198 g/mol. The van der Waals surface area contributed by atoms with Crippen LogP contribution in [-0.4, -0.2) is 11.5 Å². The SMILES string of the molecule is N#Cc1cc(NCC2CC=CCC2)ccn1. The number of rotatable bonds is 3. The number of allylic oxidation sites excluding steroid dienone is 2. The fourth-order valence-corrected chi connectivity index (χ4v) is 1.91. The van der Waals surface area contributed by atoms with Gasteiger partial charge in [0.25, 0.3) is 0 Å². The van der Waals surface area contributed by atoms with Crippen molar-refractivity contribution in [2.24, 2.45) is 5.92 Å². The molecule has 0 bridgehead atoms. The maximum absolute atomic E-state index is 8.73. The summed E-state index contributed by atoms with van der Waals surface area (Å²) >= 11 is 0. The van der Waals surface area contributed by atoms with Crippen LogP contribution in [0, 0.1) is 17.2 Å². The first-order valence-corrected chi connectivity index (χ1v) is 5.63. The van der Waals surface area contributed by atoms with E-state index in [9.17, 15) is 0 Å². The van der Waals surface area contributed by atoms with E-state index in [0.29, 0.717) is 11.6 Å². The number of hydrogen-bond acceptors (Lipinski definition) is 3. The molecule has 0 spiro atoms. The fourth-order valence-electron chi connectivity index (χ4n) is 1.91. The number of hydrogen-bond donors (Lipinski definition) is 1. The molecule has 16 heavy (non-hydrogen) atoms. The molecule has 2 rings (SSSR count). The molecule has 0 amide bonds. The van der Waals surface area contributed by atoms with Gasteiger partial charge in [0, 0.05) is 18.4 Å². The Hall–Kier alpha value is -1.82. The van der Waals surface area contributed by atoms with Crippen molar-refractivity contribution in [2.45, 2.75) is 19.3 Å². The Morgan fingerprint density at radius 2 is 2.44 bits per heavy atom. The van der Waals surface area contributed by atoms with E-state index in [4.69, 9.17) is 5.26 Å². The van der Waals surface area contributed by atoms with Crippen LogP contribution in [0.5, 0.6) is 0 Å². The van der Waals surface area contributed by atoms with Gasteiger partial charge in [0.05, 0.1) is 0 Å². The number of anilines is 1. The number of nitrogens with one attached hydrogen (secondary N) is 1. The van der Waals surface area contributed by atoms with E-state index in [1.54, 1.807) is 12.3 Å². The molecule has 3 heteroatoms. The fraction of sp³-hybridized carbons (Fsp3) is 0.385. The van der Waals surface area contributed by atoms with E-state index in [1.165, 1.54) is 12.8 Å². The summed E-state index contributed by atoms with van der Waals surface area (Å²) in [4.78, 5) is 3.94. The summed E-state index contributed by atoms with van der Waals surface area (Å²) in [5.41, 5.74) is 1.45. The molecule has 1 aliphatic carbocycles. The summed E-state index contributed by atoms with van der Waals surface area (Å²) < 4.78 is 0. The highest BCUT2D eigenvalue weighted by Crippen LogP contribution is 2.18. The van der Waals surface area contributed by atoms with Gasteiger partial charge in [0.2, 0.25) is 0 Å². The van der Waals surface area contributed by atoms with E-state index in [-0.39, 0.29) is 0 Å². The maximum Gasteiger partial charge on any atom is 0.142 e. The molecule has 0 saturated carbocycles. The van der Waals surface area contributed by atoms with Crippen LogP contribution in [0.2, 0.25) is 0 Å². The minimum absolute atomic E-state index is 0.466. The average molecular weight is 213 g/mol. The van der Waals surface area contributed by atoms with Crippen molar-refractivity contribution in [3.8, 4) is 6.07 Å². The summed E-state index contributed by atoms with van der Waals surface area (Å²) in [5.74, 6) is 0.712. The van der Waals surface area contributed by atoms with E-state index in [0.717, 1.165) is 18.7 Å². The molecule has 82 valence electrons. The van der Waals surface area contributed by atoms with Crippen molar-refractivity contribution < 1.29 is 0 Å². The van der Waals surface area contributed by atoms with E-state index < -0.39 is 0 Å². The Kier molecular flexibility index (Phi) is 3.55. The summed E-state index contributed by atoms with van der Waals surface area (Å²) in [5, 5.41) is 12.1. The zero-order chi connectivity index (χ0) is 11.2. The molecular formula is C13H15N3. The normalized spacial score (nSPS) is 19.1. The van der Waals surface area contributed by atoms with Crippen LogP contribution < -0.4 is 5.32 Å². The quantitative estimate of drug-likeness (QED) is 0.785. The zero-order valence-corrected chi connectivity index (χ0v) is 9.19. The van der Waals surface area contributed by atoms with E-state index in [2.05, 4.69) is 22.5 Å². The van der Waals surface area contributed by atoms with Gasteiger partial charge in [-0.15, -0.1) is 0 Å². The summed E-state index contributed by atoms with van der Waals surface area (Å²) in [6.07, 6.45) is 9.76. The lowest BCUT2D eigenvalue weighted by molar-refractivity contribution is 0.504. The van der Waals surface area contributed by atoms with Gasteiger partial charge >= 0.3 is 0 Å². The monoisotopic (exact) mass is 213 g/mol. The van der Waals surface area contributed by atoms with Gasteiger partial charge in [0.1, 0.15) is 11.8 Å². The lowest BCUT2D eigenvalue weighted by atomic mass is 9.94. The highest BCUT2D eigenvalue weighted by molar-refractivity contribution is 5.45. The lowest BCUT2D eigenvalue weighted by Crippen LogP contribution is -2.15. The van der Waals surface area contributed by atoms with Crippen molar-refractivity contribution in [3.05, 3.63) is 36.2 Å². The number of aromatic nitrogens is 1. The summed E-state index contributed by atoms with van der Waals surface area (Å²) in [6.45, 7) is 0.971. The number of nitrogens with zero attached hydrogens (tertiary/aromatic N) is 2. The third kappa shape index (κ3) is 2.83. The highest BCUT2D eigenvalue weighted by Gasteiger charge is 2.09. The zero-order valence-electron chi connectivity index (χ0n) is 9.19. The first kappa shape index (κ1) is 10.7. The molecule has 0 aliphatic heterocycles. The smallest absolute Gasteiger partial charge is 0.142 e. The molecule has 1 unspecified atom stereocenters. The van der Waals surface area contributed by atoms with Crippen molar-refractivity contribution in [3.63, 3.8) is 0 Å². The van der Waals surface area contributed by atoms with Crippen LogP contribution >= 0.6 is 0 Å². The second-order valence-electron chi connectivity index (χ2n) is 4.07. The standard InChI is InChI=1S/C13H15N3/c14-9-13-8-12(6-7-15-13)16-10-11-4-2-1-3-5-11/h1-2,6-8,11H,3-5,10H2,(H,15,16). The Morgan fingerprint density at radius 1 is 1.50 bits per heavy atom. The minimum atomic E-state index is 0.466. The Labute approximate surface area is 95.8 Å². The molecule has 1 aromatic heterocycles. The molecule has 1 aromatic rings. The van der Waals surface area contributed by atoms with Gasteiger partial charge in [-0.25, -0.2) is 4.98 Å². The van der Waals surface area contributed by atoms with E-state index in [1.807, 2.05) is 12.1 Å². The molecule has 1 heterocycles. The molecule has 1 N–H and O–H groups in total. The molecule has 1 aliphatic rings. The lowest BCUT2D eigenvalue weighted by Gasteiger charge is -2.18. The first-order chi connectivity index (χ1) is 7.88. The van der Waals surface area contributed by atoms with Crippen molar-refractivity contribution in [1.29, 1.82) is 5.26 Å². The highest BCUT2D eigenvalue weighted by atomic mass is 14.9. The van der Waals surface area contributed by atoms with Gasteiger partial charge in [-0.2, -0.15) is 5.26 Å². The summed E-state index contributed by atoms with van der Waals surface area (Å²) in [7, 11) is 0. The Morgan fingerprint density at radius 3 is 3.19 bits per heavy atom. The Bertz CT molecular complexity index is 417. The van der Waals surface area contributed by atoms with Crippen molar-refractivity contribution in [1.82, 2.24) is 4.98 Å². The number of pyridine rings is 1. The minimum Gasteiger partial charge on any atom is -0.385 e. The third-order valence-electron chi connectivity index (χ3n) is 2.85. The molecule has 3 nitrogen and oxygen atoms in total. The molecule has 0 radical (unpaired) electrons. The maximum atomic E-state index is 8.73. The molecule has 1 atom stereocenters. The van der Waals surface area contributed by atoms with Crippen LogP contribution in [0.25, 0.3) is 0 Å². The summed E-state index contributed by atoms with van der Waals surface area (Å²) in [6, 6.07) is 5.74. The first-order valence-electron chi connectivity index (χ1n) is 5.63. The van der Waals surface area contributed by atoms with Gasteiger partial charge in [0.15, 0.2) is 0 Å². The van der Waals surface area contributed by atoms with Crippen LogP contribution in [0.1, 0.15) is 25.0 Å². The topological polar surface area (TPSA) is 48.7 Å². The van der Waals surface area contributed by atoms with Crippen LogP contribution in [0.3, 0.4) is 0 Å². The van der Waals surface area contributed by atoms with Crippen LogP contribution in [0.15, 0.2) is 30.5 Å².